The number of aromatic amines is 1. The average Bonchev–Trinajstić information content (AvgIpc) is 3.41. The molecule has 2 aromatic heterocycles. The fraction of sp³-hybridized carbons (Fsp3) is 0.304. The van der Waals surface area contributed by atoms with E-state index in [1.807, 2.05) is 25.9 Å². The number of benzene rings is 1. The number of rotatable bonds is 4. The largest absolute Gasteiger partial charge is 0.337 e. The van der Waals surface area contributed by atoms with E-state index in [2.05, 4.69) is 21.1 Å². The average molecular weight is 416 g/mol. The third-order valence-corrected chi connectivity index (χ3v) is 5.82. The molecule has 31 heavy (non-hydrogen) atoms. The molecule has 1 N–H and O–H groups in total. The molecule has 0 radical (unpaired) electrons. The third kappa shape index (κ3) is 3.88. The Morgan fingerprint density at radius 2 is 2.06 bits per heavy atom. The lowest BCUT2D eigenvalue weighted by Gasteiger charge is -2.20. The van der Waals surface area contributed by atoms with Gasteiger partial charge < -0.3 is 9.80 Å². The minimum Gasteiger partial charge on any atom is -0.337 e. The Morgan fingerprint density at radius 1 is 1.26 bits per heavy atom. The molecule has 3 heterocycles. The highest BCUT2D eigenvalue weighted by Gasteiger charge is 2.28. The van der Waals surface area contributed by atoms with Crippen molar-refractivity contribution in [3.05, 3.63) is 69.8 Å². The zero-order valence-corrected chi connectivity index (χ0v) is 17.8. The standard InChI is InChI=1S/C23H24N6O2/c1-15-10-16(11-24)4-6-19(15)20-13-26-29(23(20)31)21-7-5-17(12-25-21)22(30)28-9-8-18(14-28)27(2)3/h4-7,10,12-13,18,26H,8-9,14H2,1-3H3/t18-/m0/s1. The number of carbonyl (C=O) groups is 1. The number of pyridine rings is 1. The molecule has 1 aliphatic rings. The van der Waals surface area contributed by atoms with E-state index in [0.29, 0.717) is 35.1 Å². The number of hydrogen-bond acceptors (Lipinski definition) is 5. The highest BCUT2D eigenvalue weighted by Crippen LogP contribution is 2.22. The predicted octanol–water partition coefficient (Wildman–Crippen LogP) is 2.18. The molecule has 0 spiro atoms. The Kier molecular flexibility index (Phi) is 5.44. The lowest BCUT2D eigenvalue weighted by molar-refractivity contribution is 0.0782. The molecule has 1 saturated heterocycles. The maximum atomic E-state index is 13.0. The van der Waals surface area contributed by atoms with Crippen LogP contribution >= 0.6 is 0 Å². The number of aromatic nitrogens is 3. The van der Waals surface area contributed by atoms with Crippen molar-refractivity contribution < 1.29 is 4.79 Å². The van der Waals surface area contributed by atoms with E-state index in [4.69, 9.17) is 5.26 Å². The summed E-state index contributed by atoms with van der Waals surface area (Å²) < 4.78 is 1.35. The monoisotopic (exact) mass is 416 g/mol. The Morgan fingerprint density at radius 3 is 2.68 bits per heavy atom. The lowest BCUT2D eigenvalue weighted by Crippen LogP contribution is -2.34. The Hall–Kier alpha value is -3.70. The highest BCUT2D eigenvalue weighted by atomic mass is 16.2. The Bertz CT molecular complexity index is 1220. The fourth-order valence-electron chi connectivity index (χ4n) is 3.94. The fourth-order valence-corrected chi connectivity index (χ4v) is 3.94. The van der Waals surface area contributed by atoms with E-state index in [0.717, 1.165) is 24.1 Å². The van der Waals surface area contributed by atoms with Gasteiger partial charge in [-0.25, -0.2) is 9.67 Å². The molecule has 0 aliphatic carbocycles. The van der Waals surface area contributed by atoms with Gasteiger partial charge in [-0.2, -0.15) is 5.26 Å². The number of hydrogen-bond donors (Lipinski definition) is 1. The molecule has 3 aromatic rings. The number of aryl methyl sites for hydroxylation is 1. The van der Waals surface area contributed by atoms with Crippen LogP contribution in [-0.4, -0.2) is 63.7 Å². The minimum atomic E-state index is -0.243. The molecule has 0 saturated carbocycles. The Labute approximate surface area is 180 Å². The molecule has 1 aliphatic heterocycles. The summed E-state index contributed by atoms with van der Waals surface area (Å²) in [5, 5.41) is 12.0. The van der Waals surface area contributed by atoms with Crippen LogP contribution in [0.25, 0.3) is 16.9 Å². The number of amides is 1. The Balaban J connectivity index is 1.56. The SMILES string of the molecule is Cc1cc(C#N)ccc1-c1c[nH]n(-c2ccc(C(=O)N3CC[C@H](N(C)C)C3)cn2)c1=O. The second-order valence-corrected chi connectivity index (χ2v) is 8.03. The summed E-state index contributed by atoms with van der Waals surface area (Å²) in [5.74, 6) is 0.364. The van der Waals surface area contributed by atoms with Crippen LogP contribution in [0.4, 0.5) is 0 Å². The van der Waals surface area contributed by atoms with Gasteiger partial charge in [0.25, 0.3) is 11.5 Å². The first-order chi connectivity index (χ1) is 14.9. The maximum absolute atomic E-state index is 13.0. The van der Waals surface area contributed by atoms with Gasteiger partial charge in [-0.15, -0.1) is 0 Å². The molecule has 1 fully saturated rings. The van der Waals surface area contributed by atoms with Crippen LogP contribution in [0.15, 0.2) is 47.5 Å². The summed E-state index contributed by atoms with van der Waals surface area (Å²) >= 11 is 0. The number of likely N-dealkylation sites (tertiary alicyclic amines) is 1. The van der Waals surface area contributed by atoms with Gasteiger partial charge in [0.1, 0.15) is 0 Å². The molecular weight excluding hydrogens is 392 g/mol. The molecule has 1 amide bonds. The molecule has 1 atom stereocenters. The molecule has 8 heteroatoms. The third-order valence-electron chi connectivity index (χ3n) is 5.82. The summed E-state index contributed by atoms with van der Waals surface area (Å²) in [6.07, 6.45) is 4.10. The number of nitrogens with zero attached hydrogens (tertiary/aromatic N) is 5. The lowest BCUT2D eigenvalue weighted by atomic mass is 10.0. The van der Waals surface area contributed by atoms with Crippen molar-refractivity contribution in [2.45, 2.75) is 19.4 Å². The number of H-pyrrole nitrogens is 1. The van der Waals surface area contributed by atoms with Gasteiger partial charge >= 0.3 is 0 Å². The number of nitrogens with one attached hydrogen (secondary N) is 1. The first-order valence-electron chi connectivity index (χ1n) is 10.1. The van der Waals surface area contributed by atoms with Crippen LogP contribution in [0, 0.1) is 18.3 Å². The van der Waals surface area contributed by atoms with E-state index in [1.165, 1.54) is 10.9 Å². The molecule has 4 rings (SSSR count). The molecule has 8 nitrogen and oxygen atoms in total. The van der Waals surface area contributed by atoms with Crippen molar-refractivity contribution >= 4 is 5.91 Å². The van der Waals surface area contributed by atoms with Gasteiger partial charge in [0.15, 0.2) is 5.82 Å². The molecule has 0 bridgehead atoms. The van der Waals surface area contributed by atoms with Gasteiger partial charge in [0.05, 0.1) is 22.8 Å². The molecule has 1 aromatic carbocycles. The molecule has 0 unspecified atom stereocenters. The number of carbonyl (C=O) groups excluding carboxylic acids is 1. The van der Waals surface area contributed by atoms with Crippen molar-refractivity contribution in [2.75, 3.05) is 27.2 Å². The van der Waals surface area contributed by atoms with Crippen molar-refractivity contribution in [2.24, 2.45) is 0 Å². The van der Waals surface area contributed by atoms with Gasteiger partial charge in [0.2, 0.25) is 0 Å². The second-order valence-electron chi connectivity index (χ2n) is 8.03. The topological polar surface area (TPSA) is 98.0 Å². The van der Waals surface area contributed by atoms with E-state index in [9.17, 15) is 9.59 Å². The smallest absolute Gasteiger partial charge is 0.280 e. The predicted molar refractivity (Wildman–Crippen MR) is 117 cm³/mol. The van der Waals surface area contributed by atoms with E-state index in [1.54, 1.807) is 36.5 Å². The number of nitriles is 1. The van der Waals surface area contributed by atoms with Crippen LogP contribution in [-0.2, 0) is 0 Å². The summed E-state index contributed by atoms with van der Waals surface area (Å²) in [7, 11) is 4.05. The van der Waals surface area contributed by atoms with Gasteiger partial charge in [0, 0.05) is 31.5 Å². The van der Waals surface area contributed by atoms with E-state index in [-0.39, 0.29) is 11.5 Å². The second kappa shape index (κ2) is 8.20. The molecular formula is C23H24N6O2. The molecule has 158 valence electrons. The van der Waals surface area contributed by atoms with Gasteiger partial charge in [-0.05, 0) is 62.8 Å². The number of likely N-dealkylation sites (N-methyl/N-ethyl adjacent to an activating group) is 1. The van der Waals surface area contributed by atoms with Crippen molar-refractivity contribution in [3.8, 4) is 23.0 Å². The van der Waals surface area contributed by atoms with Crippen molar-refractivity contribution in [1.29, 1.82) is 5.26 Å². The van der Waals surface area contributed by atoms with Crippen LogP contribution in [0.2, 0.25) is 0 Å². The normalized spacial score (nSPS) is 16.0. The zero-order chi connectivity index (χ0) is 22.1. The van der Waals surface area contributed by atoms with Crippen LogP contribution < -0.4 is 5.56 Å². The first-order valence-corrected chi connectivity index (χ1v) is 10.1. The van der Waals surface area contributed by atoms with Crippen LogP contribution in [0.3, 0.4) is 0 Å². The van der Waals surface area contributed by atoms with Crippen molar-refractivity contribution in [3.63, 3.8) is 0 Å². The maximum Gasteiger partial charge on any atom is 0.280 e. The summed E-state index contributed by atoms with van der Waals surface area (Å²) in [4.78, 5) is 34.1. The summed E-state index contributed by atoms with van der Waals surface area (Å²) in [6.45, 7) is 3.30. The van der Waals surface area contributed by atoms with Gasteiger partial charge in [-0.3, -0.25) is 14.7 Å². The summed E-state index contributed by atoms with van der Waals surface area (Å²) in [5.41, 5.74) is 2.91. The first kappa shape index (κ1) is 20.6. The highest BCUT2D eigenvalue weighted by molar-refractivity contribution is 5.94. The van der Waals surface area contributed by atoms with Crippen LogP contribution in [0.5, 0.6) is 0 Å². The van der Waals surface area contributed by atoms with Crippen molar-refractivity contribution in [1.82, 2.24) is 24.6 Å². The van der Waals surface area contributed by atoms with Crippen LogP contribution in [0.1, 0.15) is 27.9 Å². The van der Waals surface area contributed by atoms with Gasteiger partial charge in [-0.1, -0.05) is 6.07 Å². The van der Waals surface area contributed by atoms with E-state index >= 15 is 0 Å². The summed E-state index contributed by atoms with van der Waals surface area (Å²) in [6, 6.07) is 11.1. The van der Waals surface area contributed by atoms with E-state index < -0.39 is 0 Å². The zero-order valence-electron chi connectivity index (χ0n) is 17.8. The minimum absolute atomic E-state index is 0.0453. The quantitative estimate of drug-likeness (QED) is 0.703.